The smallest absolute Gasteiger partial charge is 0.170 e. The van der Waals surface area contributed by atoms with Crippen LogP contribution < -0.4 is 5.32 Å². The zero-order valence-corrected chi connectivity index (χ0v) is 19.3. The normalized spacial score (nSPS) is 17.9. The lowest BCUT2D eigenvalue weighted by Gasteiger charge is -2.28. The molecule has 1 aliphatic rings. The fraction of sp³-hybridized carbons (Fsp3) is 0.192. The van der Waals surface area contributed by atoms with Crippen molar-refractivity contribution in [3.8, 4) is 11.4 Å². The zero-order valence-electron chi connectivity index (χ0n) is 18.5. The third-order valence-electron chi connectivity index (χ3n) is 6.17. The van der Waals surface area contributed by atoms with Gasteiger partial charge in [-0.3, -0.25) is 9.97 Å². The van der Waals surface area contributed by atoms with E-state index in [2.05, 4.69) is 50.7 Å². The topological polar surface area (TPSA) is 66.2 Å². The number of aromatic hydroxyl groups is 1. The van der Waals surface area contributed by atoms with E-state index in [1.807, 2.05) is 48.8 Å². The van der Waals surface area contributed by atoms with Gasteiger partial charge in [0, 0.05) is 42.2 Å². The quantitative estimate of drug-likeness (QED) is 0.423. The molecule has 6 nitrogen and oxygen atoms in total. The first-order valence-electron chi connectivity index (χ1n) is 10.9. The number of hydrogen-bond donors (Lipinski definition) is 2. The minimum absolute atomic E-state index is 0.0373. The van der Waals surface area contributed by atoms with Crippen molar-refractivity contribution in [3.05, 3.63) is 107 Å². The number of aromatic nitrogens is 3. The fourth-order valence-electron chi connectivity index (χ4n) is 4.69. The standard InChI is InChI=1S/C26H25N5OS/c1-17-14-22(18(2)31(17)20-8-10-21(32)11-9-20)25-24(23-7-3-4-13-28-23)29-26(33)30(25)16-19-6-5-12-27-15-19/h3-15,24-25,32H,16H2,1-2H3,(H,29,33)/t24-,25-/m1/s1. The number of hydrogen-bond acceptors (Lipinski definition) is 4. The third kappa shape index (κ3) is 3.96. The number of nitrogens with zero attached hydrogens (tertiary/aromatic N) is 4. The first-order valence-corrected chi connectivity index (χ1v) is 11.3. The Morgan fingerprint density at radius 3 is 2.55 bits per heavy atom. The van der Waals surface area contributed by atoms with Gasteiger partial charge in [-0.25, -0.2) is 0 Å². The molecule has 0 spiro atoms. The van der Waals surface area contributed by atoms with Crippen LogP contribution in [-0.2, 0) is 6.54 Å². The molecule has 4 heterocycles. The maximum absolute atomic E-state index is 9.73. The van der Waals surface area contributed by atoms with Gasteiger partial charge in [0.1, 0.15) is 5.75 Å². The molecule has 0 unspecified atom stereocenters. The summed E-state index contributed by atoms with van der Waals surface area (Å²) in [7, 11) is 0. The Kier molecular flexibility index (Phi) is 5.56. The average Bonchev–Trinajstić information content (AvgIpc) is 3.31. The van der Waals surface area contributed by atoms with Gasteiger partial charge >= 0.3 is 0 Å². The Morgan fingerprint density at radius 1 is 1.03 bits per heavy atom. The molecule has 4 aromatic rings. The molecule has 2 N–H and O–H groups in total. The lowest BCUT2D eigenvalue weighted by Crippen LogP contribution is -2.29. The van der Waals surface area contributed by atoms with Crippen LogP contribution in [0.4, 0.5) is 0 Å². The summed E-state index contributed by atoms with van der Waals surface area (Å²) in [5, 5.41) is 14.0. The maximum Gasteiger partial charge on any atom is 0.170 e. The highest BCUT2D eigenvalue weighted by Crippen LogP contribution is 2.42. The number of aryl methyl sites for hydroxylation is 1. The Bertz CT molecular complexity index is 1270. The van der Waals surface area contributed by atoms with Crippen LogP contribution in [0, 0.1) is 13.8 Å². The van der Waals surface area contributed by atoms with E-state index in [1.165, 1.54) is 5.56 Å². The summed E-state index contributed by atoms with van der Waals surface area (Å²) < 4.78 is 2.22. The highest BCUT2D eigenvalue weighted by atomic mass is 32.1. The van der Waals surface area contributed by atoms with E-state index >= 15 is 0 Å². The molecule has 0 amide bonds. The van der Waals surface area contributed by atoms with Crippen LogP contribution in [0.2, 0.25) is 0 Å². The molecular formula is C26H25N5OS. The van der Waals surface area contributed by atoms with Gasteiger partial charge in [-0.1, -0.05) is 12.1 Å². The molecule has 0 radical (unpaired) electrons. The van der Waals surface area contributed by atoms with Crippen molar-refractivity contribution in [1.82, 2.24) is 24.8 Å². The Labute approximate surface area is 198 Å². The SMILES string of the molecule is Cc1cc([C@@H]2[C@@H](c3ccccn3)NC(=S)N2Cc2cccnc2)c(C)n1-c1ccc(O)cc1. The summed E-state index contributed by atoms with van der Waals surface area (Å²) >= 11 is 5.82. The molecule has 5 rings (SSSR count). The Hall–Kier alpha value is -3.71. The number of pyridine rings is 2. The number of nitrogens with one attached hydrogen (secondary N) is 1. The van der Waals surface area contributed by atoms with Crippen LogP contribution in [0.1, 0.15) is 40.3 Å². The summed E-state index contributed by atoms with van der Waals surface area (Å²) in [6.45, 7) is 4.89. The van der Waals surface area contributed by atoms with E-state index < -0.39 is 0 Å². The van der Waals surface area contributed by atoms with Gasteiger partial charge in [-0.2, -0.15) is 0 Å². The number of phenols is 1. The van der Waals surface area contributed by atoms with E-state index in [0.29, 0.717) is 11.7 Å². The van der Waals surface area contributed by atoms with Gasteiger partial charge in [0.25, 0.3) is 0 Å². The van der Waals surface area contributed by atoms with E-state index in [-0.39, 0.29) is 17.8 Å². The minimum Gasteiger partial charge on any atom is -0.508 e. The summed E-state index contributed by atoms with van der Waals surface area (Å²) in [6.07, 6.45) is 5.48. The van der Waals surface area contributed by atoms with Crippen LogP contribution in [0.25, 0.3) is 5.69 Å². The molecule has 0 saturated carbocycles. The first-order chi connectivity index (χ1) is 16.0. The van der Waals surface area contributed by atoms with Crippen LogP contribution >= 0.6 is 12.2 Å². The Balaban J connectivity index is 1.61. The second kappa shape index (κ2) is 8.67. The molecule has 1 aromatic carbocycles. The van der Waals surface area contributed by atoms with Crippen molar-refractivity contribution >= 4 is 17.3 Å². The molecule has 166 valence electrons. The van der Waals surface area contributed by atoms with Crippen LogP contribution in [0.5, 0.6) is 5.75 Å². The van der Waals surface area contributed by atoms with Crippen LogP contribution in [0.15, 0.2) is 79.3 Å². The molecule has 33 heavy (non-hydrogen) atoms. The number of benzene rings is 1. The van der Waals surface area contributed by atoms with Gasteiger partial charge in [-0.15, -0.1) is 0 Å². The second-order valence-corrected chi connectivity index (χ2v) is 8.68. The molecule has 1 fully saturated rings. The van der Waals surface area contributed by atoms with Gasteiger partial charge in [0.05, 0.1) is 17.8 Å². The predicted molar refractivity (Wildman–Crippen MR) is 132 cm³/mol. The van der Waals surface area contributed by atoms with E-state index in [4.69, 9.17) is 12.2 Å². The molecule has 2 atom stereocenters. The van der Waals surface area contributed by atoms with Gasteiger partial charge in [0.15, 0.2) is 5.11 Å². The van der Waals surface area contributed by atoms with Crippen LogP contribution in [0.3, 0.4) is 0 Å². The molecule has 1 aliphatic heterocycles. The van der Waals surface area contributed by atoms with Crippen LogP contribution in [-0.4, -0.2) is 29.7 Å². The predicted octanol–water partition coefficient (Wildman–Crippen LogP) is 4.76. The van der Waals surface area contributed by atoms with E-state index in [9.17, 15) is 5.11 Å². The van der Waals surface area contributed by atoms with Crippen molar-refractivity contribution in [2.45, 2.75) is 32.5 Å². The number of thiocarbonyl (C=S) groups is 1. The minimum atomic E-state index is -0.0795. The van der Waals surface area contributed by atoms with Crippen molar-refractivity contribution in [3.63, 3.8) is 0 Å². The molecule has 1 saturated heterocycles. The largest absolute Gasteiger partial charge is 0.508 e. The summed E-state index contributed by atoms with van der Waals surface area (Å²) in [5.41, 5.74) is 6.50. The number of rotatable bonds is 5. The summed E-state index contributed by atoms with van der Waals surface area (Å²) in [6, 6.07) is 19.4. The monoisotopic (exact) mass is 455 g/mol. The lowest BCUT2D eigenvalue weighted by molar-refractivity contribution is 0.310. The lowest BCUT2D eigenvalue weighted by atomic mass is 9.96. The molecule has 0 aliphatic carbocycles. The summed E-state index contributed by atoms with van der Waals surface area (Å²) in [5.74, 6) is 0.254. The van der Waals surface area contributed by atoms with Gasteiger partial charge < -0.3 is 19.9 Å². The van der Waals surface area contributed by atoms with Crippen molar-refractivity contribution in [1.29, 1.82) is 0 Å². The van der Waals surface area contributed by atoms with E-state index in [0.717, 1.165) is 28.3 Å². The average molecular weight is 456 g/mol. The molecular weight excluding hydrogens is 430 g/mol. The van der Waals surface area contributed by atoms with Crippen molar-refractivity contribution in [2.75, 3.05) is 0 Å². The van der Waals surface area contributed by atoms with Gasteiger partial charge in [0.2, 0.25) is 0 Å². The highest BCUT2D eigenvalue weighted by Gasteiger charge is 2.41. The van der Waals surface area contributed by atoms with Crippen molar-refractivity contribution < 1.29 is 5.11 Å². The maximum atomic E-state index is 9.73. The molecule has 3 aromatic heterocycles. The third-order valence-corrected chi connectivity index (χ3v) is 6.52. The summed E-state index contributed by atoms with van der Waals surface area (Å²) in [4.78, 5) is 11.2. The highest BCUT2D eigenvalue weighted by molar-refractivity contribution is 7.80. The Morgan fingerprint density at radius 2 is 1.85 bits per heavy atom. The number of phenolic OH excluding ortho intramolecular Hbond substituents is 1. The zero-order chi connectivity index (χ0) is 22.9. The molecule has 0 bridgehead atoms. The van der Waals surface area contributed by atoms with Crippen molar-refractivity contribution in [2.24, 2.45) is 0 Å². The van der Waals surface area contributed by atoms with Gasteiger partial charge in [-0.05, 0) is 85.7 Å². The second-order valence-electron chi connectivity index (χ2n) is 8.29. The molecule has 7 heteroatoms. The van der Waals surface area contributed by atoms with E-state index in [1.54, 1.807) is 18.3 Å². The first kappa shape index (κ1) is 21.2. The fourth-order valence-corrected chi connectivity index (χ4v) is 4.99.